The highest BCUT2D eigenvalue weighted by molar-refractivity contribution is 8.06. The van der Waals surface area contributed by atoms with E-state index >= 15 is 0 Å². The van der Waals surface area contributed by atoms with Crippen LogP contribution in [-0.2, 0) is 18.4 Å². The minimum absolute atomic E-state index is 0.300. The lowest BCUT2D eigenvalue weighted by Gasteiger charge is -2.13. The first kappa shape index (κ1) is 19.3. The maximum absolute atomic E-state index is 9.19. The predicted molar refractivity (Wildman–Crippen MR) is 106 cm³/mol. The summed E-state index contributed by atoms with van der Waals surface area (Å²) in [5.74, 6) is 2.18. The van der Waals surface area contributed by atoms with Crippen LogP contribution in [0.2, 0.25) is 0 Å². The number of anilines is 1. The van der Waals surface area contributed by atoms with Crippen LogP contribution < -0.4 is 19.3 Å². The minimum atomic E-state index is -3.73. The number of rotatable bonds is 7. The van der Waals surface area contributed by atoms with E-state index < -0.39 is 6.72 Å². The predicted octanol–water partition coefficient (Wildman–Crippen LogP) is 2.85. The molecule has 0 aliphatic heterocycles. The molecule has 0 saturated heterocycles. The van der Waals surface area contributed by atoms with Crippen molar-refractivity contribution in [1.29, 1.82) is 0 Å². The molecule has 10 heteroatoms. The zero-order valence-corrected chi connectivity index (χ0v) is 16.3. The van der Waals surface area contributed by atoms with Gasteiger partial charge in [0.25, 0.3) is 0 Å². The van der Waals surface area contributed by atoms with Crippen LogP contribution in [0.1, 0.15) is 5.56 Å². The van der Waals surface area contributed by atoms with Gasteiger partial charge < -0.3 is 29.1 Å². The van der Waals surface area contributed by atoms with Gasteiger partial charge in [0.15, 0.2) is 0 Å². The summed E-state index contributed by atoms with van der Waals surface area (Å²) in [6.07, 6.45) is 1.46. The zero-order valence-electron chi connectivity index (χ0n) is 14.6. The molecule has 0 bridgehead atoms. The number of nitrogens with zero attached hydrogens (tertiary/aromatic N) is 2. The van der Waals surface area contributed by atoms with E-state index in [1.807, 2.05) is 6.07 Å². The van der Waals surface area contributed by atoms with Crippen LogP contribution in [0.5, 0.6) is 17.2 Å². The van der Waals surface area contributed by atoms with Crippen LogP contribution in [-0.4, -0.2) is 34.0 Å². The van der Waals surface area contributed by atoms with E-state index in [9.17, 15) is 9.79 Å². The van der Waals surface area contributed by atoms with Crippen molar-refractivity contribution in [2.75, 3.05) is 19.5 Å². The average molecular weight is 407 g/mol. The van der Waals surface area contributed by atoms with E-state index in [4.69, 9.17) is 14.0 Å². The van der Waals surface area contributed by atoms with Gasteiger partial charge in [-0.3, -0.25) is 0 Å². The molecule has 0 aliphatic carbocycles. The second kappa shape index (κ2) is 8.06. The van der Waals surface area contributed by atoms with E-state index in [1.54, 1.807) is 44.6 Å². The second-order valence-electron chi connectivity index (χ2n) is 5.53. The van der Waals surface area contributed by atoms with Gasteiger partial charge in [-0.2, -0.15) is 0 Å². The van der Waals surface area contributed by atoms with Gasteiger partial charge in [0.1, 0.15) is 34.9 Å². The molecule has 1 aromatic heterocycles. The molecule has 0 aliphatic rings. The summed E-state index contributed by atoms with van der Waals surface area (Å²) in [7, 11) is 3.16. The molecule has 0 fully saturated rings. The summed E-state index contributed by atoms with van der Waals surface area (Å²) in [4.78, 5) is 27.0. The highest BCUT2D eigenvalue weighted by Gasteiger charge is 2.12. The van der Waals surface area contributed by atoms with Gasteiger partial charge in [0.05, 0.1) is 19.6 Å². The quantitative estimate of drug-likeness (QED) is 0.510. The molecule has 0 amide bonds. The number of ether oxygens (including phenoxy) is 2. The molecule has 8 nitrogen and oxygen atoms in total. The van der Waals surface area contributed by atoms with Crippen molar-refractivity contribution >= 4 is 35.2 Å². The van der Waals surface area contributed by atoms with E-state index in [-0.39, 0.29) is 0 Å². The smallest absolute Gasteiger partial charge is 0.375 e. The van der Waals surface area contributed by atoms with Gasteiger partial charge >= 0.3 is 6.72 Å². The lowest BCUT2D eigenvalue weighted by atomic mass is 10.2. The summed E-state index contributed by atoms with van der Waals surface area (Å²) in [5, 5.41) is 4.03. The first-order valence-electron chi connectivity index (χ1n) is 7.84. The molecule has 0 spiro atoms. The summed E-state index contributed by atoms with van der Waals surface area (Å²) in [6, 6.07) is 10.4. The van der Waals surface area contributed by atoms with Gasteiger partial charge in [-0.25, -0.2) is 9.97 Å². The zero-order chi connectivity index (χ0) is 19.4. The average Bonchev–Trinajstić information content (AvgIpc) is 2.65. The lowest BCUT2D eigenvalue weighted by Crippen LogP contribution is -2.03. The first-order valence-corrected chi connectivity index (χ1v) is 10.5. The summed E-state index contributed by atoms with van der Waals surface area (Å²) >= 11 is 4.45. The molecule has 0 atom stereocenters. The molecule has 2 aromatic carbocycles. The Morgan fingerprint density at radius 3 is 2.41 bits per heavy atom. The summed E-state index contributed by atoms with van der Waals surface area (Å²) in [6.45, 7) is -3.25. The molecular weight excluding hydrogens is 389 g/mol. The number of nitrogens with one attached hydrogen (secondary N) is 1. The fourth-order valence-corrected chi connectivity index (χ4v) is 3.17. The van der Waals surface area contributed by atoms with Crippen LogP contribution in [0.25, 0.3) is 10.9 Å². The maximum Gasteiger partial charge on any atom is 0.375 e. The minimum Gasteiger partial charge on any atom is -0.497 e. The Hall–Kier alpha value is -2.45. The Bertz CT molecular complexity index is 994. The van der Waals surface area contributed by atoms with Crippen LogP contribution in [0.3, 0.4) is 0 Å². The number of aromatic nitrogens is 2. The van der Waals surface area contributed by atoms with E-state index in [0.717, 1.165) is 10.9 Å². The number of methoxy groups -OCH3 is 2. The standard InChI is InChI=1S/C17H18N3O5PS/c1-23-13-7-14-16(15(8-13)24-2)19-10-20-17(14)18-9-11-3-5-12(6-4-11)25-26(21,22)27/h3-8,10H,9H2,1-2H3,(H,18,19,20)(H2,21,22,27). The molecule has 1 heterocycles. The largest absolute Gasteiger partial charge is 0.497 e. The third-order valence-corrected chi connectivity index (χ3v) is 4.41. The Balaban J connectivity index is 1.82. The fraction of sp³-hybridized carbons (Fsp3) is 0.176. The van der Waals surface area contributed by atoms with Crippen molar-refractivity contribution in [3.63, 3.8) is 0 Å². The van der Waals surface area contributed by atoms with Crippen molar-refractivity contribution in [3.8, 4) is 17.2 Å². The van der Waals surface area contributed by atoms with Crippen LogP contribution in [0.15, 0.2) is 42.7 Å². The summed E-state index contributed by atoms with van der Waals surface area (Å²) < 4.78 is 15.6. The van der Waals surface area contributed by atoms with E-state index in [2.05, 4.69) is 27.1 Å². The van der Waals surface area contributed by atoms with Gasteiger partial charge in [-0.15, -0.1) is 0 Å². The Morgan fingerprint density at radius 1 is 1.04 bits per heavy atom. The normalized spacial score (nSPS) is 11.3. The first-order chi connectivity index (χ1) is 12.9. The topological polar surface area (TPSA) is 106 Å². The van der Waals surface area contributed by atoms with Crippen molar-refractivity contribution < 1.29 is 23.8 Å². The van der Waals surface area contributed by atoms with Crippen molar-refractivity contribution in [3.05, 3.63) is 48.3 Å². The molecule has 3 rings (SSSR count). The third kappa shape index (κ3) is 4.84. The van der Waals surface area contributed by atoms with Gasteiger partial charge in [-0.05, 0) is 23.8 Å². The second-order valence-corrected chi connectivity index (χ2v) is 8.12. The van der Waals surface area contributed by atoms with Crippen LogP contribution in [0.4, 0.5) is 5.82 Å². The molecule has 27 heavy (non-hydrogen) atoms. The monoisotopic (exact) mass is 407 g/mol. The summed E-state index contributed by atoms with van der Waals surface area (Å²) in [5.41, 5.74) is 1.62. The molecule has 0 unspecified atom stereocenters. The van der Waals surface area contributed by atoms with Crippen LogP contribution in [0, 0.1) is 0 Å². The molecule has 0 radical (unpaired) electrons. The Kier molecular flexibility index (Phi) is 5.76. The van der Waals surface area contributed by atoms with Crippen LogP contribution >= 0.6 is 6.72 Å². The van der Waals surface area contributed by atoms with E-state index in [1.165, 1.54) is 6.33 Å². The number of hydrogen-bond acceptors (Lipinski definition) is 7. The number of benzene rings is 2. The molecule has 3 N–H and O–H groups in total. The number of fused-ring (bicyclic) bond motifs is 1. The Morgan fingerprint density at radius 2 is 1.78 bits per heavy atom. The molecular formula is C17H18N3O5PS. The third-order valence-electron chi connectivity index (χ3n) is 3.74. The molecule has 0 saturated carbocycles. The highest BCUT2D eigenvalue weighted by atomic mass is 32.5. The molecule has 3 aromatic rings. The fourth-order valence-electron chi connectivity index (χ4n) is 2.52. The molecule has 142 valence electrons. The van der Waals surface area contributed by atoms with Crippen molar-refractivity contribution in [2.24, 2.45) is 0 Å². The van der Waals surface area contributed by atoms with Crippen molar-refractivity contribution in [2.45, 2.75) is 6.54 Å². The van der Waals surface area contributed by atoms with Gasteiger partial charge in [0.2, 0.25) is 0 Å². The highest BCUT2D eigenvalue weighted by Crippen LogP contribution is 2.38. The van der Waals surface area contributed by atoms with Gasteiger partial charge in [-0.1, -0.05) is 12.1 Å². The number of hydrogen-bond donors (Lipinski definition) is 3. The van der Waals surface area contributed by atoms with E-state index in [0.29, 0.717) is 35.1 Å². The Labute approximate surface area is 161 Å². The van der Waals surface area contributed by atoms with Gasteiger partial charge in [0, 0.05) is 24.4 Å². The van der Waals surface area contributed by atoms with Crippen molar-refractivity contribution in [1.82, 2.24) is 9.97 Å². The maximum atomic E-state index is 9.19. The lowest BCUT2D eigenvalue weighted by molar-refractivity contribution is 0.370. The SMILES string of the molecule is COc1cc(OC)c2ncnc(NCc3ccc(OP(O)(O)=S)cc3)c2c1.